The normalized spacial score (nSPS) is 10.1. The van der Waals surface area contributed by atoms with Crippen LogP contribution in [0.15, 0.2) is 48.5 Å². The van der Waals surface area contributed by atoms with Crippen molar-refractivity contribution in [2.45, 2.75) is 12.8 Å². The molecule has 1 aromatic carbocycles. The van der Waals surface area contributed by atoms with E-state index >= 15 is 0 Å². The van der Waals surface area contributed by atoms with E-state index < -0.39 is 5.97 Å². The molecule has 4 heteroatoms. The van der Waals surface area contributed by atoms with E-state index in [0.29, 0.717) is 5.69 Å². The lowest BCUT2D eigenvalue weighted by Gasteiger charge is -2.04. The first-order chi connectivity index (χ1) is 9.70. The summed E-state index contributed by atoms with van der Waals surface area (Å²) in [5.74, 6) is -0.550. The van der Waals surface area contributed by atoms with E-state index in [9.17, 15) is 9.59 Å². The van der Waals surface area contributed by atoms with Crippen LogP contribution in [0.2, 0.25) is 0 Å². The first-order valence-corrected chi connectivity index (χ1v) is 6.33. The van der Waals surface area contributed by atoms with Gasteiger partial charge in [-0.05, 0) is 12.1 Å². The standard InChI is InChI=1S/C16H15NO3/c1-20-16(19)11-10-15(18)14-9-5-8-13(17-14)12-6-3-2-4-7-12/h2-9H,10-11H2,1H3. The summed E-state index contributed by atoms with van der Waals surface area (Å²) in [6.07, 6.45) is 0.185. The van der Waals surface area contributed by atoms with E-state index in [1.165, 1.54) is 7.11 Å². The Bertz CT molecular complexity index is 608. The molecule has 1 heterocycles. The number of carbonyl (C=O) groups excluding carboxylic acids is 2. The second-order valence-corrected chi connectivity index (χ2v) is 4.27. The number of ketones is 1. The zero-order valence-electron chi connectivity index (χ0n) is 11.2. The predicted octanol–water partition coefficient (Wildman–Crippen LogP) is 2.88. The van der Waals surface area contributed by atoms with Crippen LogP contribution >= 0.6 is 0 Å². The fourth-order valence-electron chi connectivity index (χ4n) is 1.81. The molecule has 0 unspecified atom stereocenters. The van der Waals surface area contributed by atoms with Gasteiger partial charge in [0.05, 0.1) is 19.2 Å². The number of methoxy groups -OCH3 is 1. The van der Waals surface area contributed by atoms with Crippen molar-refractivity contribution in [2.75, 3.05) is 7.11 Å². The zero-order valence-corrected chi connectivity index (χ0v) is 11.2. The molecule has 4 nitrogen and oxygen atoms in total. The molecule has 20 heavy (non-hydrogen) atoms. The molecule has 0 fully saturated rings. The largest absolute Gasteiger partial charge is 0.469 e. The Hall–Kier alpha value is -2.49. The number of esters is 1. The molecule has 1 aromatic heterocycles. The maximum Gasteiger partial charge on any atom is 0.305 e. The first kappa shape index (κ1) is 13.9. The number of ether oxygens (including phenoxy) is 1. The lowest BCUT2D eigenvalue weighted by atomic mass is 10.1. The third kappa shape index (κ3) is 3.51. The van der Waals surface area contributed by atoms with Gasteiger partial charge in [0.2, 0.25) is 0 Å². The third-order valence-electron chi connectivity index (χ3n) is 2.89. The summed E-state index contributed by atoms with van der Waals surface area (Å²) in [5.41, 5.74) is 2.07. The highest BCUT2D eigenvalue weighted by Crippen LogP contribution is 2.17. The molecule has 2 rings (SSSR count). The van der Waals surface area contributed by atoms with Gasteiger partial charge in [-0.1, -0.05) is 36.4 Å². The molecular formula is C16H15NO3. The molecule has 0 amide bonds. The Morgan fingerprint density at radius 3 is 2.45 bits per heavy atom. The highest BCUT2D eigenvalue weighted by atomic mass is 16.5. The Kier molecular flexibility index (Phi) is 4.60. The SMILES string of the molecule is COC(=O)CCC(=O)c1cccc(-c2ccccc2)n1. The van der Waals surface area contributed by atoms with Gasteiger partial charge < -0.3 is 4.74 Å². The van der Waals surface area contributed by atoms with Crippen LogP contribution in [0.1, 0.15) is 23.3 Å². The van der Waals surface area contributed by atoms with Gasteiger partial charge in [0.1, 0.15) is 5.69 Å². The number of benzene rings is 1. The van der Waals surface area contributed by atoms with Crippen LogP contribution in [-0.2, 0) is 9.53 Å². The van der Waals surface area contributed by atoms with E-state index in [0.717, 1.165) is 11.3 Å². The van der Waals surface area contributed by atoms with Crippen molar-refractivity contribution in [1.29, 1.82) is 0 Å². The quantitative estimate of drug-likeness (QED) is 0.618. The number of nitrogens with zero attached hydrogens (tertiary/aromatic N) is 1. The van der Waals surface area contributed by atoms with Crippen LogP contribution in [0, 0.1) is 0 Å². The van der Waals surface area contributed by atoms with Crippen molar-refractivity contribution >= 4 is 11.8 Å². The van der Waals surface area contributed by atoms with Crippen LogP contribution in [0.5, 0.6) is 0 Å². The first-order valence-electron chi connectivity index (χ1n) is 6.33. The van der Waals surface area contributed by atoms with Gasteiger partial charge in [0, 0.05) is 12.0 Å². The smallest absolute Gasteiger partial charge is 0.305 e. The Morgan fingerprint density at radius 2 is 1.75 bits per heavy atom. The number of carbonyl (C=O) groups is 2. The van der Waals surface area contributed by atoms with Gasteiger partial charge in [-0.2, -0.15) is 0 Å². The van der Waals surface area contributed by atoms with Gasteiger partial charge in [0.25, 0.3) is 0 Å². The lowest BCUT2D eigenvalue weighted by molar-refractivity contribution is -0.140. The van der Waals surface area contributed by atoms with E-state index in [1.807, 2.05) is 36.4 Å². The molecule has 102 valence electrons. The minimum absolute atomic E-state index is 0.0760. The summed E-state index contributed by atoms with van der Waals surface area (Å²) < 4.78 is 4.52. The molecule has 0 radical (unpaired) electrons. The topological polar surface area (TPSA) is 56.3 Å². The molecule has 0 spiro atoms. The molecule has 0 aliphatic carbocycles. The number of hydrogen-bond donors (Lipinski definition) is 0. The van der Waals surface area contributed by atoms with Crippen molar-refractivity contribution in [2.24, 2.45) is 0 Å². The average molecular weight is 269 g/mol. The highest BCUT2D eigenvalue weighted by Gasteiger charge is 2.11. The van der Waals surface area contributed by atoms with Crippen LogP contribution < -0.4 is 0 Å². The zero-order chi connectivity index (χ0) is 14.4. The molecule has 0 atom stereocenters. The summed E-state index contributed by atoms with van der Waals surface area (Å²) >= 11 is 0. The fraction of sp³-hybridized carbons (Fsp3) is 0.188. The van der Waals surface area contributed by atoms with Gasteiger partial charge in [0.15, 0.2) is 5.78 Å². The van der Waals surface area contributed by atoms with E-state index in [-0.39, 0.29) is 18.6 Å². The molecule has 0 N–H and O–H groups in total. The third-order valence-corrected chi connectivity index (χ3v) is 2.89. The van der Waals surface area contributed by atoms with Crippen LogP contribution in [0.4, 0.5) is 0 Å². The molecule has 0 saturated carbocycles. The Labute approximate surface area is 117 Å². The number of hydrogen-bond acceptors (Lipinski definition) is 4. The van der Waals surface area contributed by atoms with E-state index in [2.05, 4.69) is 9.72 Å². The molecule has 0 aliphatic heterocycles. The summed E-state index contributed by atoms with van der Waals surface area (Å²) in [6, 6.07) is 14.9. The second kappa shape index (κ2) is 6.61. The molecule has 0 bridgehead atoms. The number of rotatable bonds is 5. The van der Waals surface area contributed by atoms with Gasteiger partial charge >= 0.3 is 5.97 Å². The van der Waals surface area contributed by atoms with Crippen molar-refractivity contribution in [1.82, 2.24) is 4.98 Å². The minimum Gasteiger partial charge on any atom is -0.469 e. The minimum atomic E-state index is -0.391. The van der Waals surface area contributed by atoms with Gasteiger partial charge in [-0.15, -0.1) is 0 Å². The Morgan fingerprint density at radius 1 is 1.00 bits per heavy atom. The van der Waals surface area contributed by atoms with Gasteiger partial charge in [-0.25, -0.2) is 4.98 Å². The van der Waals surface area contributed by atoms with Crippen LogP contribution in [0.3, 0.4) is 0 Å². The maximum atomic E-state index is 12.0. The number of pyridine rings is 1. The monoisotopic (exact) mass is 269 g/mol. The summed E-state index contributed by atoms with van der Waals surface area (Å²) in [5, 5.41) is 0. The maximum absolute atomic E-state index is 12.0. The van der Waals surface area contributed by atoms with Crippen molar-refractivity contribution in [3.63, 3.8) is 0 Å². The van der Waals surface area contributed by atoms with Crippen molar-refractivity contribution in [3.8, 4) is 11.3 Å². The highest BCUT2D eigenvalue weighted by molar-refractivity contribution is 5.96. The van der Waals surface area contributed by atoms with Crippen molar-refractivity contribution in [3.05, 3.63) is 54.2 Å². The summed E-state index contributed by atoms with van der Waals surface area (Å²) in [6.45, 7) is 0. The van der Waals surface area contributed by atoms with E-state index in [4.69, 9.17) is 0 Å². The second-order valence-electron chi connectivity index (χ2n) is 4.27. The van der Waals surface area contributed by atoms with Gasteiger partial charge in [-0.3, -0.25) is 9.59 Å². The molecule has 2 aromatic rings. The van der Waals surface area contributed by atoms with Crippen molar-refractivity contribution < 1.29 is 14.3 Å². The van der Waals surface area contributed by atoms with Crippen LogP contribution in [-0.4, -0.2) is 23.8 Å². The predicted molar refractivity (Wildman–Crippen MR) is 75.3 cm³/mol. The molecule has 0 aliphatic rings. The number of aromatic nitrogens is 1. The van der Waals surface area contributed by atoms with E-state index in [1.54, 1.807) is 12.1 Å². The fourth-order valence-corrected chi connectivity index (χ4v) is 1.81. The van der Waals surface area contributed by atoms with Crippen LogP contribution in [0.25, 0.3) is 11.3 Å². The molecular weight excluding hydrogens is 254 g/mol. The lowest BCUT2D eigenvalue weighted by Crippen LogP contribution is -2.07. The average Bonchev–Trinajstić information content (AvgIpc) is 2.53. The summed E-state index contributed by atoms with van der Waals surface area (Å²) in [4.78, 5) is 27.4. The summed E-state index contributed by atoms with van der Waals surface area (Å²) in [7, 11) is 1.31. The molecule has 0 saturated heterocycles. The number of Topliss-reactive ketones (excluding diaryl/α,β-unsaturated/α-hetero) is 1. The Balaban J connectivity index is 2.14.